The molecule has 2 atom stereocenters. The topological polar surface area (TPSA) is 95.9 Å². The first-order valence-electron chi connectivity index (χ1n) is 34.2. The van der Waals surface area contributed by atoms with E-state index in [-0.39, 0.29) is 18.5 Å². The number of carbonyl (C=O) groups excluding carboxylic acids is 2. The van der Waals surface area contributed by atoms with Crippen molar-refractivity contribution >= 4 is 11.9 Å². The van der Waals surface area contributed by atoms with Gasteiger partial charge >= 0.3 is 5.97 Å². The molecule has 0 aromatic heterocycles. The van der Waals surface area contributed by atoms with E-state index in [1.54, 1.807) is 0 Å². The van der Waals surface area contributed by atoms with Gasteiger partial charge in [0.15, 0.2) is 0 Å². The van der Waals surface area contributed by atoms with Crippen LogP contribution in [0.4, 0.5) is 0 Å². The van der Waals surface area contributed by atoms with E-state index in [4.69, 9.17) is 4.74 Å². The Kier molecular flexibility index (Phi) is 63.9. The number of hydrogen-bond donors (Lipinski definition) is 3. The van der Waals surface area contributed by atoms with Gasteiger partial charge in [-0.25, -0.2) is 0 Å². The second kappa shape index (κ2) is 65.6. The smallest absolute Gasteiger partial charge is 0.305 e. The third-order valence-electron chi connectivity index (χ3n) is 15.9. The molecular weight excluding hydrogens is 935 g/mol. The van der Waals surface area contributed by atoms with Gasteiger partial charge in [-0.05, 0) is 83.5 Å². The number of carbonyl (C=O) groups is 2. The van der Waals surface area contributed by atoms with E-state index >= 15 is 0 Å². The molecule has 0 aliphatic carbocycles. The van der Waals surface area contributed by atoms with Crippen molar-refractivity contribution in [1.29, 1.82) is 0 Å². The average Bonchev–Trinajstić information content (AvgIpc) is 3.42. The lowest BCUT2D eigenvalue weighted by Crippen LogP contribution is -2.45. The van der Waals surface area contributed by atoms with Crippen LogP contribution in [0.3, 0.4) is 0 Å². The highest BCUT2D eigenvalue weighted by atomic mass is 16.5. The molecule has 0 fully saturated rings. The van der Waals surface area contributed by atoms with Gasteiger partial charge in [0.05, 0.1) is 25.4 Å². The van der Waals surface area contributed by atoms with Crippen LogP contribution in [0.25, 0.3) is 0 Å². The zero-order chi connectivity index (χ0) is 55.0. The van der Waals surface area contributed by atoms with Crippen molar-refractivity contribution in [3.05, 3.63) is 36.5 Å². The number of unbranched alkanes of at least 4 members (excludes halogenated alkanes) is 47. The average molecular weight is 1070 g/mol. The third-order valence-corrected chi connectivity index (χ3v) is 15.9. The summed E-state index contributed by atoms with van der Waals surface area (Å²) in [6.07, 6.45) is 83.2. The Bertz CT molecular complexity index is 1230. The predicted molar refractivity (Wildman–Crippen MR) is 333 cm³/mol. The Morgan fingerprint density at radius 3 is 1.04 bits per heavy atom. The highest BCUT2D eigenvalue weighted by molar-refractivity contribution is 5.76. The third kappa shape index (κ3) is 61.3. The van der Waals surface area contributed by atoms with Crippen molar-refractivity contribution in [1.82, 2.24) is 5.32 Å². The maximum atomic E-state index is 12.5. The van der Waals surface area contributed by atoms with Crippen molar-refractivity contribution in [3.8, 4) is 0 Å². The number of ether oxygens (including phenoxy) is 1. The molecule has 0 radical (unpaired) electrons. The highest BCUT2D eigenvalue weighted by Crippen LogP contribution is 2.18. The summed E-state index contributed by atoms with van der Waals surface area (Å²) in [5.74, 6) is -0.0443. The van der Waals surface area contributed by atoms with Crippen LogP contribution < -0.4 is 5.32 Å². The number of hydrogen-bond acceptors (Lipinski definition) is 5. The first kappa shape index (κ1) is 74.1. The zero-order valence-corrected chi connectivity index (χ0v) is 51.3. The first-order chi connectivity index (χ1) is 37.5. The minimum absolute atomic E-state index is 0.00261. The standard InChI is InChI=1S/C70H133NO5/c1-3-5-7-9-11-13-15-17-18-19-20-21-22-24-27-30-33-36-39-42-46-50-54-58-62-68(73)67(66-72)71-69(74)63-59-55-51-47-43-40-37-34-31-28-25-23-26-29-32-35-38-41-45-49-53-57-61-65-76-70(75)64-60-56-52-48-44-16-14-12-10-8-6-4-2/h12,14,23,26,28,31,67-68,72-73H,3-11,13,15-22,24-25,27,29-30,32-66H2,1-2H3,(H,71,74)/b14-12-,26-23-,31-28-. The molecule has 0 aromatic carbocycles. The molecule has 6 nitrogen and oxygen atoms in total. The Hall–Kier alpha value is -1.92. The van der Waals surface area contributed by atoms with Crippen molar-refractivity contribution in [2.24, 2.45) is 0 Å². The van der Waals surface area contributed by atoms with E-state index in [1.165, 1.54) is 283 Å². The number of esters is 1. The lowest BCUT2D eigenvalue weighted by atomic mass is 10.0. The number of amides is 1. The van der Waals surface area contributed by atoms with Gasteiger partial charge in [-0.1, -0.05) is 314 Å². The molecule has 3 N–H and O–H groups in total. The summed E-state index contributed by atoms with van der Waals surface area (Å²) in [6, 6.07) is -0.551. The molecule has 76 heavy (non-hydrogen) atoms. The molecular formula is C70H133NO5. The minimum Gasteiger partial charge on any atom is -0.466 e. The summed E-state index contributed by atoms with van der Waals surface area (Å²) in [4.78, 5) is 24.6. The Balaban J connectivity index is 3.45. The highest BCUT2D eigenvalue weighted by Gasteiger charge is 2.20. The lowest BCUT2D eigenvalue weighted by molar-refractivity contribution is -0.143. The van der Waals surface area contributed by atoms with E-state index in [0.29, 0.717) is 25.9 Å². The van der Waals surface area contributed by atoms with Crippen LogP contribution in [0.2, 0.25) is 0 Å². The SMILES string of the molecule is CCCCC/C=C\CCCCCCCC(=O)OCCCCCCCCCCC/C=C\C/C=C\CCCCCCCCCC(=O)NC(CO)C(O)CCCCCCCCCCCCCCCCCCCCCCCCCC. The number of nitrogens with one attached hydrogen (secondary N) is 1. The predicted octanol–water partition coefficient (Wildman–Crippen LogP) is 21.9. The largest absolute Gasteiger partial charge is 0.466 e. The maximum absolute atomic E-state index is 12.5. The summed E-state index contributed by atoms with van der Waals surface area (Å²) in [7, 11) is 0. The normalized spacial score (nSPS) is 12.7. The lowest BCUT2D eigenvalue weighted by Gasteiger charge is -2.22. The van der Waals surface area contributed by atoms with Crippen LogP contribution in [0.1, 0.15) is 373 Å². The second-order valence-electron chi connectivity index (χ2n) is 23.5. The van der Waals surface area contributed by atoms with Crippen molar-refractivity contribution in [2.45, 2.75) is 386 Å². The molecule has 0 saturated heterocycles. The molecule has 0 spiro atoms. The molecule has 0 heterocycles. The van der Waals surface area contributed by atoms with E-state index in [1.807, 2.05) is 0 Å². The van der Waals surface area contributed by atoms with Crippen LogP contribution in [0.15, 0.2) is 36.5 Å². The van der Waals surface area contributed by atoms with Crippen LogP contribution in [0.5, 0.6) is 0 Å². The van der Waals surface area contributed by atoms with Crippen molar-refractivity contribution in [3.63, 3.8) is 0 Å². The van der Waals surface area contributed by atoms with Gasteiger partial charge in [-0.2, -0.15) is 0 Å². The molecule has 0 rings (SSSR count). The Labute approximate surface area is 474 Å². The fraction of sp³-hybridized carbons (Fsp3) is 0.886. The summed E-state index contributed by atoms with van der Waals surface area (Å²) < 4.78 is 5.46. The zero-order valence-electron chi connectivity index (χ0n) is 51.3. The maximum Gasteiger partial charge on any atom is 0.305 e. The van der Waals surface area contributed by atoms with Gasteiger partial charge in [-0.15, -0.1) is 0 Å². The van der Waals surface area contributed by atoms with Gasteiger partial charge in [0.1, 0.15) is 0 Å². The molecule has 0 aromatic rings. The Morgan fingerprint density at radius 2 is 0.658 bits per heavy atom. The molecule has 6 heteroatoms. The number of rotatable bonds is 64. The number of aliphatic hydroxyl groups excluding tert-OH is 2. The summed E-state index contributed by atoms with van der Waals surface area (Å²) >= 11 is 0. The molecule has 0 saturated carbocycles. The molecule has 2 unspecified atom stereocenters. The fourth-order valence-electron chi connectivity index (χ4n) is 10.7. The van der Waals surface area contributed by atoms with Gasteiger partial charge in [0, 0.05) is 12.8 Å². The number of aliphatic hydroxyl groups is 2. The van der Waals surface area contributed by atoms with Gasteiger partial charge in [-0.3, -0.25) is 9.59 Å². The van der Waals surface area contributed by atoms with Gasteiger partial charge in [0.2, 0.25) is 5.91 Å². The van der Waals surface area contributed by atoms with Gasteiger partial charge < -0.3 is 20.3 Å². The van der Waals surface area contributed by atoms with Crippen LogP contribution in [0, 0.1) is 0 Å². The summed E-state index contributed by atoms with van der Waals surface area (Å²) in [5, 5.41) is 23.4. The van der Waals surface area contributed by atoms with Crippen LogP contribution in [-0.2, 0) is 14.3 Å². The van der Waals surface area contributed by atoms with Crippen LogP contribution >= 0.6 is 0 Å². The fourth-order valence-corrected chi connectivity index (χ4v) is 10.7. The summed E-state index contributed by atoms with van der Waals surface area (Å²) in [5.41, 5.74) is 0. The summed E-state index contributed by atoms with van der Waals surface area (Å²) in [6.45, 7) is 4.94. The van der Waals surface area contributed by atoms with Gasteiger partial charge in [0.25, 0.3) is 0 Å². The quantitative estimate of drug-likeness (QED) is 0.0320. The van der Waals surface area contributed by atoms with E-state index < -0.39 is 12.1 Å². The monoisotopic (exact) mass is 1070 g/mol. The van der Waals surface area contributed by atoms with E-state index in [9.17, 15) is 19.8 Å². The first-order valence-corrected chi connectivity index (χ1v) is 34.2. The number of allylic oxidation sites excluding steroid dienone is 6. The van der Waals surface area contributed by atoms with Crippen LogP contribution in [-0.4, -0.2) is 47.4 Å². The minimum atomic E-state index is -0.673. The van der Waals surface area contributed by atoms with E-state index in [0.717, 1.165) is 57.8 Å². The Morgan fingerprint density at radius 1 is 0.368 bits per heavy atom. The molecule has 1 amide bonds. The van der Waals surface area contributed by atoms with Crippen molar-refractivity contribution in [2.75, 3.05) is 13.2 Å². The van der Waals surface area contributed by atoms with E-state index in [2.05, 4.69) is 55.6 Å². The molecule has 0 bridgehead atoms. The second-order valence-corrected chi connectivity index (χ2v) is 23.5. The molecule has 0 aliphatic heterocycles. The molecule has 0 aliphatic rings. The van der Waals surface area contributed by atoms with Crippen molar-refractivity contribution < 1.29 is 24.5 Å². The molecule has 448 valence electrons.